The number of hydrogen-bond acceptors (Lipinski definition) is 5. The molecule has 1 saturated heterocycles. The third-order valence-electron chi connectivity index (χ3n) is 3.12. The number of aromatic hydroxyl groups is 1. The summed E-state index contributed by atoms with van der Waals surface area (Å²) >= 11 is 11.0. The van der Waals surface area contributed by atoms with Gasteiger partial charge in [-0.05, 0) is 36.0 Å². The molecule has 0 spiro atoms. The number of benzene rings is 1. The van der Waals surface area contributed by atoms with E-state index in [1.807, 2.05) is 0 Å². The van der Waals surface area contributed by atoms with E-state index in [9.17, 15) is 14.7 Å². The molecular formula is C14H13ClN2O4S. The van der Waals surface area contributed by atoms with E-state index in [-0.39, 0.29) is 34.0 Å². The predicted molar refractivity (Wildman–Crippen MR) is 85.2 cm³/mol. The second kappa shape index (κ2) is 6.33. The predicted octanol–water partition coefficient (Wildman–Crippen LogP) is 1.62. The molecule has 22 heavy (non-hydrogen) atoms. The Bertz CT molecular complexity index is 689. The number of carbonyl (C=O) groups is 2. The van der Waals surface area contributed by atoms with Crippen molar-refractivity contribution in [2.24, 2.45) is 0 Å². The van der Waals surface area contributed by atoms with Gasteiger partial charge in [-0.1, -0.05) is 17.7 Å². The summed E-state index contributed by atoms with van der Waals surface area (Å²) in [5.41, 5.74) is 0.832. The smallest absolute Gasteiger partial charge is 0.325 e. The van der Waals surface area contributed by atoms with Crippen molar-refractivity contribution in [2.45, 2.75) is 0 Å². The average Bonchev–Trinajstić information content (AvgIpc) is 2.68. The maximum Gasteiger partial charge on any atom is 0.325 e. The van der Waals surface area contributed by atoms with Gasteiger partial charge in [-0.3, -0.25) is 14.5 Å². The van der Waals surface area contributed by atoms with E-state index < -0.39 is 5.97 Å². The van der Waals surface area contributed by atoms with Crippen molar-refractivity contribution < 1.29 is 19.4 Å². The molecule has 0 atom stereocenters. The summed E-state index contributed by atoms with van der Waals surface area (Å²) < 4.78 is 4.61. The summed E-state index contributed by atoms with van der Waals surface area (Å²) in [6.07, 6.45) is 1.55. The second-order valence-electron chi connectivity index (χ2n) is 4.55. The first-order valence-electron chi connectivity index (χ1n) is 6.21. The van der Waals surface area contributed by atoms with E-state index in [0.717, 1.165) is 0 Å². The molecular weight excluding hydrogens is 328 g/mol. The summed E-state index contributed by atoms with van der Waals surface area (Å²) in [4.78, 5) is 26.4. The van der Waals surface area contributed by atoms with E-state index in [1.165, 1.54) is 36.1 Å². The second-order valence-corrected chi connectivity index (χ2v) is 5.32. The number of amides is 1. The monoisotopic (exact) mass is 340 g/mol. The van der Waals surface area contributed by atoms with Gasteiger partial charge in [-0.15, -0.1) is 0 Å². The van der Waals surface area contributed by atoms with Crippen LogP contribution < -0.4 is 0 Å². The Morgan fingerprint density at radius 1 is 1.50 bits per heavy atom. The van der Waals surface area contributed by atoms with Gasteiger partial charge < -0.3 is 14.7 Å². The standard InChI is InChI=1S/C14H13ClN2O4S/c1-16-13(20)10(17(14(16)22)7-12(19)21-2)6-8-3-4-11(18)9(15)5-8/h3-6,18H,7H2,1-2H3. The van der Waals surface area contributed by atoms with Gasteiger partial charge in [-0.25, -0.2) is 0 Å². The Hall–Kier alpha value is -2.12. The molecule has 1 heterocycles. The largest absolute Gasteiger partial charge is 0.506 e. The summed E-state index contributed by atoms with van der Waals surface area (Å²) in [5.74, 6) is -0.904. The van der Waals surface area contributed by atoms with Gasteiger partial charge in [0.1, 0.15) is 18.0 Å². The van der Waals surface area contributed by atoms with Crippen LogP contribution in [0.25, 0.3) is 6.08 Å². The van der Waals surface area contributed by atoms with Crippen molar-refractivity contribution in [1.29, 1.82) is 0 Å². The third-order valence-corrected chi connectivity index (χ3v) is 3.92. The van der Waals surface area contributed by atoms with Crippen molar-refractivity contribution in [3.8, 4) is 5.75 Å². The average molecular weight is 341 g/mol. The first-order valence-corrected chi connectivity index (χ1v) is 7.00. The Labute approximate surface area is 137 Å². The molecule has 1 aliphatic heterocycles. The van der Waals surface area contributed by atoms with Gasteiger partial charge in [0, 0.05) is 7.05 Å². The Morgan fingerprint density at radius 2 is 2.18 bits per heavy atom. The molecule has 0 bridgehead atoms. The minimum absolute atomic E-state index is 0.0550. The highest BCUT2D eigenvalue weighted by Gasteiger charge is 2.36. The molecule has 0 aromatic heterocycles. The highest BCUT2D eigenvalue weighted by atomic mass is 35.5. The summed E-state index contributed by atoms with van der Waals surface area (Å²) in [5, 5.41) is 9.80. The summed E-state index contributed by atoms with van der Waals surface area (Å²) in [7, 11) is 2.79. The normalized spacial score (nSPS) is 16.6. The van der Waals surface area contributed by atoms with Crippen LogP contribution in [0.15, 0.2) is 23.9 Å². The van der Waals surface area contributed by atoms with Crippen LogP contribution in [0, 0.1) is 0 Å². The maximum atomic E-state index is 12.2. The van der Waals surface area contributed by atoms with Crippen LogP contribution in [0.5, 0.6) is 5.75 Å². The van der Waals surface area contributed by atoms with Crippen LogP contribution >= 0.6 is 23.8 Å². The molecule has 1 aromatic carbocycles. The zero-order valence-corrected chi connectivity index (χ0v) is 13.4. The Kier molecular flexibility index (Phi) is 4.68. The van der Waals surface area contributed by atoms with Gasteiger partial charge in [0.15, 0.2) is 5.11 Å². The molecule has 0 aliphatic carbocycles. The van der Waals surface area contributed by atoms with Gasteiger partial charge in [0.2, 0.25) is 0 Å². The van der Waals surface area contributed by atoms with Crippen molar-refractivity contribution in [1.82, 2.24) is 9.80 Å². The molecule has 0 radical (unpaired) electrons. The molecule has 6 nitrogen and oxygen atoms in total. The fourth-order valence-electron chi connectivity index (χ4n) is 1.92. The number of methoxy groups -OCH3 is 1. The fraction of sp³-hybridized carbons (Fsp3) is 0.214. The van der Waals surface area contributed by atoms with Gasteiger partial charge >= 0.3 is 5.97 Å². The number of carbonyl (C=O) groups excluding carboxylic acids is 2. The van der Waals surface area contributed by atoms with Crippen LogP contribution in [0.3, 0.4) is 0 Å². The Morgan fingerprint density at radius 3 is 2.77 bits per heavy atom. The van der Waals surface area contributed by atoms with Crippen molar-refractivity contribution >= 4 is 46.9 Å². The first kappa shape index (κ1) is 16.3. The van der Waals surface area contributed by atoms with E-state index in [1.54, 1.807) is 12.1 Å². The molecule has 0 saturated carbocycles. The number of thiocarbonyl (C=S) groups is 1. The number of esters is 1. The number of nitrogens with zero attached hydrogens (tertiary/aromatic N) is 2. The maximum absolute atomic E-state index is 12.2. The number of ether oxygens (including phenoxy) is 1. The molecule has 1 amide bonds. The van der Waals surface area contributed by atoms with E-state index in [2.05, 4.69) is 4.74 Å². The van der Waals surface area contributed by atoms with E-state index >= 15 is 0 Å². The van der Waals surface area contributed by atoms with Gasteiger partial charge in [0.05, 0.1) is 12.1 Å². The number of phenols is 1. The van der Waals surface area contributed by atoms with Crippen LogP contribution in [-0.4, -0.2) is 52.6 Å². The van der Waals surface area contributed by atoms with E-state index in [4.69, 9.17) is 23.8 Å². The summed E-state index contributed by atoms with van der Waals surface area (Å²) in [6.45, 7) is -0.164. The van der Waals surface area contributed by atoms with Gasteiger partial charge in [0.25, 0.3) is 5.91 Å². The fourth-order valence-corrected chi connectivity index (χ4v) is 2.35. The van der Waals surface area contributed by atoms with Crippen molar-refractivity contribution in [3.05, 3.63) is 34.5 Å². The number of hydrogen-bond donors (Lipinski definition) is 1. The minimum Gasteiger partial charge on any atom is -0.506 e. The topological polar surface area (TPSA) is 70.1 Å². The zero-order valence-electron chi connectivity index (χ0n) is 11.9. The minimum atomic E-state index is -0.514. The van der Waals surface area contributed by atoms with Crippen molar-refractivity contribution in [2.75, 3.05) is 20.7 Å². The molecule has 1 aromatic rings. The number of likely N-dealkylation sites (N-methyl/N-ethyl adjacent to an activating group) is 1. The summed E-state index contributed by atoms with van der Waals surface area (Å²) in [6, 6.07) is 4.52. The lowest BCUT2D eigenvalue weighted by Gasteiger charge is -2.16. The van der Waals surface area contributed by atoms with Crippen LogP contribution in [0.1, 0.15) is 5.56 Å². The lowest BCUT2D eigenvalue weighted by atomic mass is 10.1. The van der Waals surface area contributed by atoms with Gasteiger partial charge in [-0.2, -0.15) is 0 Å². The molecule has 116 valence electrons. The quantitative estimate of drug-likeness (QED) is 0.512. The van der Waals surface area contributed by atoms with E-state index in [0.29, 0.717) is 5.56 Å². The van der Waals surface area contributed by atoms with Crippen LogP contribution in [-0.2, 0) is 14.3 Å². The van der Waals surface area contributed by atoms with Crippen LogP contribution in [0.4, 0.5) is 0 Å². The lowest BCUT2D eigenvalue weighted by Crippen LogP contribution is -2.33. The molecule has 1 aliphatic rings. The number of phenolic OH excluding ortho intramolecular Hbond substituents is 1. The number of rotatable bonds is 3. The first-order chi connectivity index (χ1) is 10.3. The zero-order chi connectivity index (χ0) is 16.4. The molecule has 0 unspecified atom stereocenters. The molecule has 1 N–H and O–H groups in total. The van der Waals surface area contributed by atoms with Crippen LogP contribution in [0.2, 0.25) is 5.02 Å². The highest BCUT2D eigenvalue weighted by Crippen LogP contribution is 2.27. The SMILES string of the molecule is COC(=O)CN1C(=S)N(C)C(=O)C1=Cc1ccc(O)c(Cl)c1. The van der Waals surface area contributed by atoms with Crippen molar-refractivity contribution in [3.63, 3.8) is 0 Å². The molecule has 8 heteroatoms. The molecule has 2 rings (SSSR count). The highest BCUT2D eigenvalue weighted by molar-refractivity contribution is 7.80. The Balaban J connectivity index is 2.41. The number of halogens is 1. The third kappa shape index (κ3) is 3.05. The lowest BCUT2D eigenvalue weighted by molar-refractivity contribution is -0.140. The molecule has 1 fully saturated rings.